The molecule has 1 saturated carbocycles. The average Bonchev–Trinajstić information content (AvgIpc) is 2.95. The molecule has 1 amide bonds. The van der Waals surface area contributed by atoms with Gasteiger partial charge in [0.15, 0.2) is 0 Å². The second-order valence-electron chi connectivity index (χ2n) is 5.80. The van der Waals surface area contributed by atoms with Gasteiger partial charge in [0.25, 0.3) is 11.7 Å². The lowest BCUT2D eigenvalue weighted by Gasteiger charge is -2.30. The number of amides is 1. The first-order chi connectivity index (χ1) is 9.48. The number of fused-ring (bicyclic) bond motifs is 1. The second-order valence-corrected chi connectivity index (χ2v) is 5.80. The third-order valence-corrected chi connectivity index (χ3v) is 4.21. The van der Waals surface area contributed by atoms with E-state index in [-0.39, 0.29) is 0 Å². The Labute approximate surface area is 117 Å². The summed E-state index contributed by atoms with van der Waals surface area (Å²) in [7, 11) is 1.91. The Kier molecular flexibility index (Phi) is 3.01. The summed E-state index contributed by atoms with van der Waals surface area (Å²) in [6.07, 6.45) is 3.80. The standard InChI is InChI=1S/C15H18N2O3/c1-17(9-15(20)6-2-3-7-15)10-4-5-11-12(8-10)16-14(19)13(11)18/h4-5,8,20H,2-3,6-7,9H2,1H3,(H,16,18,19). The summed E-state index contributed by atoms with van der Waals surface area (Å²) in [5.41, 5.74) is 1.25. The third kappa shape index (κ3) is 2.18. The predicted octanol–water partition coefficient (Wildman–Crippen LogP) is 1.56. The lowest BCUT2D eigenvalue weighted by Crippen LogP contribution is -2.39. The van der Waals surface area contributed by atoms with Crippen LogP contribution >= 0.6 is 0 Å². The fourth-order valence-corrected chi connectivity index (χ4v) is 3.10. The van der Waals surface area contributed by atoms with Crippen LogP contribution in [0, 0.1) is 0 Å². The Morgan fingerprint density at radius 2 is 2.00 bits per heavy atom. The van der Waals surface area contributed by atoms with E-state index in [1.165, 1.54) is 0 Å². The molecule has 1 fully saturated rings. The van der Waals surface area contributed by atoms with Crippen LogP contribution in [0.5, 0.6) is 0 Å². The third-order valence-electron chi connectivity index (χ3n) is 4.21. The van der Waals surface area contributed by atoms with Gasteiger partial charge in [-0.25, -0.2) is 0 Å². The van der Waals surface area contributed by atoms with Crippen LogP contribution in [0.3, 0.4) is 0 Å². The van der Waals surface area contributed by atoms with Crippen LogP contribution in [0.1, 0.15) is 36.0 Å². The summed E-state index contributed by atoms with van der Waals surface area (Å²) >= 11 is 0. The lowest BCUT2D eigenvalue weighted by molar-refractivity contribution is -0.112. The molecule has 0 radical (unpaired) electrons. The maximum Gasteiger partial charge on any atom is 0.296 e. The van der Waals surface area contributed by atoms with E-state index < -0.39 is 17.3 Å². The Bertz CT molecular complexity index is 576. The zero-order valence-corrected chi connectivity index (χ0v) is 11.5. The monoisotopic (exact) mass is 274 g/mol. The van der Waals surface area contributed by atoms with Crippen molar-refractivity contribution < 1.29 is 14.7 Å². The number of nitrogens with zero attached hydrogens (tertiary/aromatic N) is 1. The van der Waals surface area contributed by atoms with Crippen LogP contribution in [0.15, 0.2) is 18.2 Å². The lowest BCUT2D eigenvalue weighted by atomic mass is 10.0. The van der Waals surface area contributed by atoms with Crippen LogP contribution in [0.2, 0.25) is 0 Å². The number of carbonyl (C=O) groups is 2. The average molecular weight is 274 g/mol. The number of benzene rings is 1. The number of nitrogens with one attached hydrogen (secondary N) is 1. The summed E-state index contributed by atoms with van der Waals surface area (Å²) in [5.74, 6) is -1.06. The molecule has 3 rings (SSSR count). The number of rotatable bonds is 3. The van der Waals surface area contributed by atoms with Gasteiger partial charge in [0.2, 0.25) is 0 Å². The van der Waals surface area contributed by atoms with Gasteiger partial charge in [-0.1, -0.05) is 12.8 Å². The summed E-state index contributed by atoms with van der Waals surface area (Å²) in [4.78, 5) is 24.8. The van der Waals surface area contributed by atoms with Gasteiger partial charge in [-0.05, 0) is 31.0 Å². The van der Waals surface area contributed by atoms with Gasteiger partial charge in [0.05, 0.1) is 16.9 Å². The Balaban J connectivity index is 1.80. The van der Waals surface area contributed by atoms with E-state index in [1.807, 2.05) is 18.0 Å². The number of aliphatic hydroxyl groups is 1. The first-order valence-corrected chi connectivity index (χ1v) is 6.92. The largest absolute Gasteiger partial charge is 0.388 e. The molecule has 1 aromatic carbocycles. The number of carbonyl (C=O) groups excluding carboxylic acids is 2. The van der Waals surface area contributed by atoms with Crippen molar-refractivity contribution in [2.75, 3.05) is 23.8 Å². The van der Waals surface area contributed by atoms with E-state index in [0.717, 1.165) is 31.4 Å². The van der Waals surface area contributed by atoms with E-state index in [4.69, 9.17) is 0 Å². The topological polar surface area (TPSA) is 69.6 Å². The summed E-state index contributed by atoms with van der Waals surface area (Å²) in [6, 6.07) is 5.27. The molecule has 1 heterocycles. The number of Topliss-reactive ketones (excluding diaryl/α,β-unsaturated/α-hetero) is 1. The molecule has 0 spiro atoms. The van der Waals surface area contributed by atoms with Crippen molar-refractivity contribution in [2.45, 2.75) is 31.3 Å². The smallest absolute Gasteiger partial charge is 0.296 e. The highest BCUT2D eigenvalue weighted by molar-refractivity contribution is 6.51. The fraction of sp³-hybridized carbons (Fsp3) is 0.467. The molecule has 1 aliphatic heterocycles. The van der Waals surface area contributed by atoms with Crippen molar-refractivity contribution >= 4 is 23.1 Å². The fourth-order valence-electron chi connectivity index (χ4n) is 3.10. The van der Waals surface area contributed by atoms with E-state index in [2.05, 4.69) is 5.32 Å². The van der Waals surface area contributed by atoms with Crippen molar-refractivity contribution in [2.24, 2.45) is 0 Å². The molecule has 1 aliphatic carbocycles. The van der Waals surface area contributed by atoms with Gasteiger partial charge >= 0.3 is 0 Å². The van der Waals surface area contributed by atoms with Crippen LogP contribution in [-0.4, -0.2) is 36.0 Å². The number of hydrogen-bond donors (Lipinski definition) is 2. The molecular weight excluding hydrogens is 256 g/mol. The molecule has 2 N–H and O–H groups in total. The minimum atomic E-state index is -0.618. The molecule has 0 saturated heterocycles. The van der Waals surface area contributed by atoms with Crippen LogP contribution in [0.4, 0.5) is 11.4 Å². The molecule has 5 heteroatoms. The molecule has 5 nitrogen and oxygen atoms in total. The highest BCUT2D eigenvalue weighted by Crippen LogP contribution is 2.33. The summed E-state index contributed by atoms with van der Waals surface area (Å²) in [6.45, 7) is 0.563. The molecule has 0 unspecified atom stereocenters. The number of anilines is 2. The number of hydrogen-bond acceptors (Lipinski definition) is 4. The first-order valence-electron chi connectivity index (χ1n) is 6.92. The minimum absolute atomic E-state index is 0.423. The SMILES string of the molecule is CN(CC1(O)CCCC1)c1ccc2c(c1)NC(=O)C2=O. The Hall–Kier alpha value is -1.88. The predicted molar refractivity (Wildman–Crippen MR) is 76.1 cm³/mol. The van der Waals surface area contributed by atoms with Gasteiger partial charge < -0.3 is 15.3 Å². The van der Waals surface area contributed by atoms with Crippen molar-refractivity contribution in [3.8, 4) is 0 Å². The normalized spacial score (nSPS) is 19.9. The molecular formula is C15H18N2O3. The van der Waals surface area contributed by atoms with E-state index in [1.54, 1.807) is 12.1 Å². The van der Waals surface area contributed by atoms with E-state index in [9.17, 15) is 14.7 Å². The Morgan fingerprint density at radius 1 is 1.30 bits per heavy atom. The molecule has 0 bridgehead atoms. The maximum absolute atomic E-state index is 11.5. The number of likely N-dealkylation sites (N-methyl/N-ethyl adjacent to an activating group) is 1. The first kappa shape index (κ1) is 13.1. The van der Waals surface area contributed by atoms with Crippen molar-refractivity contribution in [1.29, 1.82) is 0 Å². The van der Waals surface area contributed by atoms with Gasteiger partial charge in [-0.15, -0.1) is 0 Å². The van der Waals surface area contributed by atoms with Crippen molar-refractivity contribution in [3.05, 3.63) is 23.8 Å². The molecule has 0 atom stereocenters. The van der Waals surface area contributed by atoms with Crippen LogP contribution in [0.25, 0.3) is 0 Å². The highest BCUT2D eigenvalue weighted by atomic mass is 16.3. The van der Waals surface area contributed by atoms with Gasteiger partial charge in [0.1, 0.15) is 0 Å². The molecule has 106 valence electrons. The van der Waals surface area contributed by atoms with Gasteiger partial charge in [-0.3, -0.25) is 9.59 Å². The summed E-state index contributed by atoms with van der Waals surface area (Å²) < 4.78 is 0. The minimum Gasteiger partial charge on any atom is -0.388 e. The molecule has 20 heavy (non-hydrogen) atoms. The van der Waals surface area contributed by atoms with Gasteiger partial charge in [0, 0.05) is 19.3 Å². The maximum atomic E-state index is 11.5. The second kappa shape index (κ2) is 4.59. The van der Waals surface area contributed by atoms with Gasteiger partial charge in [-0.2, -0.15) is 0 Å². The number of ketones is 1. The molecule has 2 aliphatic rings. The quantitative estimate of drug-likeness (QED) is 0.821. The van der Waals surface area contributed by atoms with Crippen molar-refractivity contribution in [3.63, 3.8) is 0 Å². The van der Waals surface area contributed by atoms with E-state index >= 15 is 0 Å². The highest BCUT2D eigenvalue weighted by Gasteiger charge is 2.33. The van der Waals surface area contributed by atoms with Crippen LogP contribution < -0.4 is 10.2 Å². The molecule has 1 aromatic rings. The zero-order valence-electron chi connectivity index (χ0n) is 11.5. The summed E-state index contributed by atoms with van der Waals surface area (Å²) in [5, 5.41) is 13.0. The van der Waals surface area contributed by atoms with Crippen molar-refractivity contribution in [1.82, 2.24) is 0 Å². The van der Waals surface area contributed by atoms with Crippen LogP contribution in [-0.2, 0) is 4.79 Å². The zero-order chi connectivity index (χ0) is 14.3. The Morgan fingerprint density at radius 3 is 2.70 bits per heavy atom. The van der Waals surface area contributed by atoms with E-state index in [0.29, 0.717) is 17.8 Å². The molecule has 0 aromatic heterocycles.